The molecule has 0 spiro atoms. The van der Waals surface area contributed by atoms with Crippen LogP contribution in [0.4, 0.5) is 0 Å². The first-order valence-electron chi connectivity index (χ1n) is 10.0. The summed E-state index contributed by atoms with van der Waals surface area (Å²) in [6.45, 7) is 9.33. The third kappa shape index (κ3) is 8.42. The molecular weight excluding hydrogens is 338 g/mol. The van der Waals surface area contributed by atoms with Crippen LogP contribution in [0, 0.1) is 5.92 Å². The predicted octanol–water partition coefficient (Wildman–Crippen LogP) is 5.04. The second-order valence-corrected chi connectivity index (χ2v) is 7.42. The first-order chi connectivity index (χ1) is 12.9. The zero-order valence-corrected chi connectivity index (χ0v) is 17.5. The number of nitrogens with zero attached hydrogens (tertiary/aromatic N) is 1. The van der Waals surface area contributed by atoms with Gasteiger partial charge >= 0.3 is 5.97 Å². The summed E-state index contributed by atoms with van der Waals surface area (Å²) in [4.78, 5) is 26.2. The average molecular weight is 374 g/mol. The van der Waals surface area contributed by atoms with Crippen LogP contribution in [0.3, 0.4) is 0 Å². The molecule has 1 aromatic rings. The van der Waals surface area contributed by atoms with E-state index in [0.717, 1.165) is 31.2 Å². The lowest BCUT2D eigenvalue weighted by molar-refractivity contribution is -0.146. The molecule has 0 fully saturated rings. The fourth-order valence-electron chi connectivity index (χ4n) is 2.89. The van der Waals surface area contributed by atoms with Gasteiger partial charge in [0.25, 0.3) is 0 Å². The predicted molar refractivity (Wildman–Crippen MR) is 111 cm³/mol. The highest BCUT2D eigenvalue weighted by Crippen LogP contribution is 2.15. The van der Waals surface area contributed by atoms with Gasteiger partial charge in [0.05, 0.1) is 13.0 Å². The number of ether oxygens (including phenoxy) is 1. The lowest BCUT2D eigenvalue weighted by atomic mass is 10.0. The average Bonchev–Trinajstić information content (AvgIpc) is 2.67. The van der Waals surface area contributed by atoms with Crippen LogP contribution in [-0.4, -0.2) is 37.0 Å². The number of hydrogen-bond acceptors (Lipinski definition) is 3. The molecule has 150 valence electrons. The maximum absolute atomic E-state index is 12.7. The maximum atomic E-state index is 12.7. The Morgan fingerprint density at radius 1 is 1.07 bits per heavy atom. The van der Waals surface area contributed by atoms with Gasteiger partial charge in [0, 0.05) is 19.2 Å². The van der Waals surface area contributed by atoms with E-state index in [0.29, 0.717) is 19.0 Å². The van der Waals surface area contributed by atoms with Crippen molar-refractivity contribution in [2.45, 2.75) is 59.3 Å². The molecule has 1 amide bonds. The molecule has 1 unspecified atom stereocenters. The van der Waals surface area contributed by atoms with Crippen molar-refractivity contribution in [1.82, 2.24) is 4.90 Å². The SMILES string of the molecule is CCCCCCN(CC(C)C(=O)OC)C(=O)/C=C/c1ccc(C(C)C)cc1. The van der Waals surface area contributed by atoms with Crippen molar-refractivity contribution < 1.29 is 14.3 Å². The van der Waals surface area contributed by atoms with E-state index >= 15 is 0 Å². The molecular formula is C23H35NO3. The second kappa shape index (κ2) is 12.3. The molecule has 4 nitrogen and oxygen atoms in total. The van der Waals surface area contributed by atoms with Gasteiger partial charge in [0.2, 0.25) is 5.91 Å². The van der Waals surface area contributed by atoms with Gasteiger partial charge in [-0.15, -0.1) is 0 Å². The van der Waals surface area contributed by atoms with Gasteiger partial charge < -0.3 is 9.64 Å². The largest absolute Gasteiger partial charge is 0.469 e. The van der Waals surface area contributed by atoms with Crippen molar-refractivity contribution in [1.29, 1.82) is 0 Å². The third-order valence-electron chi connectivity index (χ3n) is 4.71. The Labute approximate surface area is 164 Å². The third-order valence-corrected chi connectivity index (χ3v) is 4.71. The molecule has 1 aromatic carbocycles. The standard InChI is InChI=1S/C23H35NO3/c1-6-7-8-9-16-24(17-19(4)23(26)27-5)22(25)15-12-20-10-13-21(14-11-20)18(2)3/h10-15,18-19H,6-9,16-17H2,1-5H3/b15-12+. The lowest BCUT2D eigenvalue weighted by Crippen LogP contribution is -2.37. The van der Waals surface area contributed by atoms with Gasteiger partial charge in [-0.05, 0) is 29.5 Å². The molecule has 0 heterocycles. The number of carbonyl (C=O) groups is 2. The molecule has 0 aliphatic rings. The summed E-state index contributed by atoms with van der Waals surface area (Å²) < 4.78 is 4.80. The highest BCUT2D eigenvalue weighted by atomic mass is 16.5. The molecule has 0 saturated carbocycles. The van der Waals surface area contributed by atoms with Gasteiger partial charge in [-0.1, -0.05) is 71.2 Å². The molecule has 0 aliphatic carbocycles. The molecule has 0 radical (unpaired) electrons. The summed E-state index contributed by atoms with van der Waals surface area (Å²) in [6.07, 6.45) is 7.80. The number of rotatable bonds is 11. The van der Waals surface area contributed by atoms with E-state index in [-0.39, 0.29) is 17.8 Å². The van der Waals surface area contributed by atoms with Gasteiger partial charge in [-0.25, -0.2) is 0 Å². The number of amides is 1. The normalized spacial score (nSPS) is 12.4. The van der Waals surface area contributed by atoms with Crippen LogP contribution in [0.1, 0.15) is 70.4 Å². The molecule has 0 N–H and O–H groups in total. The van der Waals surface area contributed by atoms with E-state index in [4.69, 9.17) is 4.74 Å². The van der Waals surface area contributed by atoms with Gasteiger partial charge in [0.1, 0.15) is 0 Å². The van der Waals surface area contributed by atoms with Crippen molar-refractivity contribution in [3.63, 3.8) is 0 Å². The highest BCUT2D eigenvalue weighted by molar-refractivity contribution is 5.92. The van der Waals surface area contributed by atoms with E-state index in [1.54, 1.807) is 17.9 Å². The number of carbonyl (C=O) groups excluding carboxylic acids is 2. The van der Waals surface area contributed by atoms with Crippen LogP contribution in [0.15, 0.2) is 30.3 Å². The summed E-state index contributed by atoms with van der Waals surface area (Å²) in [6, 6.07) is 8.25. The van der Waals surface area contributed by atoms with Crippen molar-refractivity contribution in [3.8, 4) is 0 Å². The minimum Gasteiger partial charge on any atom is -0.469 e. The van der Waals surface area contributed by atoms with Crippen molar-refractivity contribution in [3.05, 3.63) is 41.5 Å². The molecule has 4 heteroatoms. The first kappa shape index (κ1) is 22.9. The maximum Gasteiger partial charge on any atom is 0.310 e. The second-order valence-electron chi connectivity index (χ2n) is 7.42. The van der Waals surface area contributed by atoms with Crippen LogP contribution in [0.25, 0.3) is 6.08 Å². The molecule has 0 aromatic heterocycles. The summed E-state index contributed by atoms with van der Waals surface area (Å²) in [7, 11) is 1.38. The number of benzene rings is 1. The molecule has 27 heavy (non-hydrogen) atoms. The molecule has 0 saturated heterocycles. The molecule has 0 aliphatic heterocycles. The Kier molecular flexibility index (Phi) is 10.5. The van der Waals surface area contributed by atoms with E-state index in [1.165, 1.54) is 12.7 Å². The quantitative estimate of drug-likeness (QED) is 0.310. The number of hydrogen-bond donors (Lipinski definition) is 0. The minimum absolute atomic E-state index is 0.0600. The Morgan fingerprint density at radius 3 is 2.30 bits per heavy atom. The Balaban J connectivity index is 2.76. The number of methoxy groups -OCH3 is 1. The molecule has 1 atom stereocenters. The van der Waals surface area contributed by atoms with Crippen LogP contribution >= 0.6 is 0 Å². The van der Waals surface area contributed by atoms with Crippen LogP contribution in [0.5, 0.6) is 0 Å². The van der Waals surface area contributed by atoms with Crippen LogP contribution < -0.4 is 0 Å². The summed E-state index contributed by atoms with van der Waals surface area (Å²) in [5.41, 5.74) is 2.28. The fourth-order valence-corrected chi connectivity index (χ4v) is 2.89. The van der Waals surface area contributed by atoms with Gasteiger partial charge in [-0.2, -0.15) is 0 Å². The summed E-state index contributed by atoms with van der Waals surface area (Å²) >= 11 is 0. The number of unbranched alkanes of at least 4 members (excludes halogenated alkanes) is 3. The Morgan fingerprint density at radius 2 is 1.74 bits per heavy atom. The zero-order valence-electron chi connectivity index (χ0n) is 17.5. The minimum atomic E-state index is -0.330. The lowest BCUT2D eigenvalue weighted by Gasteiger charge is -2.24. The van der Waals surface area contributed by atoms with Crippen molar-refractivity contribution in [2.75, 3.05) is 20.2 Å². The topological polar surface area (TPSA) is 46.6 Å². The fraction of sp³-hybridized carbons (Fsp3) is 0.565. The van der Waals surface area contributed by atoms with Crippen molar-refractivity contribution in [2.24, 2.45) is 5.92 Å². The molecule has 1 rings (SSSR count). The van der Waals surface area contributed by atoms with E-state index in [9.17, 15) is 9.59 Å². The summed E-state index contributed by atoms with van der Waals surface area (Å²) in [5.74, 6) is -0.184. The zero-order chi connectivity index (χ0) is 20.2. The first-order valence-corrected chi connectivity index (χ1v) is 10.0. The smallest absolute Gasteiger partial charge is 0.310 e. The summed E-state index contributed by atoms with van der Waals surface area (Å²) in [5, 5.41) is 0. The van der Waals surface area contributed by atoms with E-state index < -0.39 is 0 Å². The van der Waals surface area contributed by atoms with E-state index in [1.807, 2.05) is 18.2 Å². The van der Waals surface area contributed by atoms with Gasteiger partial charge in [-0.3, -0.25) is 9.59 Å². The van der Waals surface area contributed by atoms with Gasteiger partial charge in [0.15, 0.2) is 0 Å². The van der Waals surface area contributed by atoms with Crippen LogP contribution in [0.2, 0.25) is 0 Å². The Hall–Kier alpha value is -2.10. The molecule has 0 bridgehead atoms. The Bertz CT molecular complexity index is 605. The van der Waals surface area contributed by atoms with Crippen LogP contribution in [-0.2, 0) is 14.3 Å². The van der Waals surface area contributed by atoms with E-state index in [2.05, 4.69) is 32.9 Å². The monoisotopic (exact) mass is 373 g/mol. The van der Waals surface area contributed by atoms with Crippen molar-refractivity contribution >= 4 is 18.0 Å². The highest BCUT2D eigenvalue weighted by Gasteiger charge is 2.20. The number of esters is 1.